The van der Waals surface area contributed by atoms with Gasteiger partial charge in [0.15, 0.2) is 17.3 Å². The second kappa shape index (κ2) is 5.20. The number of nitro groups is 1. The maximum atomic E-state index is 11.1. The molecule has 0 amide bonds. The van der Waals surface area contributed by atoms with Crippen molar-refractivity contribution in [3.05, 3.63) is 33.6 Å². The lowest BCUT2D eigenvalue weighted by Crippen LogP contribution is -2.13. The number of benzene rings is 1. The molecule has 1 aromatic carbocycles. The number of nitrogen functional groups attached to an aromatic ring is 1. The first-order chi connectivity index (χ1) is 10.6. The Bertz CT molecular complexity index is 770. The largest absolute Gasteiger partial charge is 0.454 e. The topological polar surface area (TPSA) is 143 Å². The van der Waals surface area contributed by atoms with Crippen molar-refractivity contribution < 1.29 is 14.4 Å². The molecule has 0 aliphatic carbocycles. The molecule has 0 fully saturated rings. The van der Waals surface area contributed by atoms with E-state index in [0.717, 1.165) is 0 Å². The van der Waals surface area contributed by atoms with Crippen LogP contribution in [-0.4, -0.2) is 32.8 Å². The highest BCUT2D eigenvalue weighted by Crippen LogP contribution is 2.37. The number of ether oxygens (including phenoxy) is 2. The normalized spacial score (nSPS) is 12.8. The van der Waals surface area contributed by atoms with Crippen molar-refractivity contribution in [3.8, 4) is 11.5 Å². The van der Waals surface area contributed by atoms with Gasteiger partial charge in [-0.15, -0.1) is 10.2 Å². The molecular weight excluding hydrogens is 294 g/mol. The number of anilines is 1. The van der Waals surface area contributed by atoms with E-state index in [0.29, 0.717) is 17.3 Å². The van der Waals surface area contributed by atoms with Gasteiger partial charge in [0.05, 0.1) is 22.8 Å². The van der Waals surface area contributed by atoms with Gasteiger partial charge in [-0.1, -0.05) is 0 Å². The maximum Gasteiger partial charge on any atom is 0.282 e. The van der Waals surface area contributed by atoms with E-state index in [9.17, 15) is 10.1 Å². The van der Waals surface area contributed by atoms with E-state index >= 15 is 0 Å². The molecule has 22 heavy (non-hydrogen) atoms. The van der Waals surface area contributed by atoms with Crippen molar-refractivity contribution >= 4 is 17.9 Å². The number of aryl methyl sites for hydroxylation is 1. The molecule has 2 heterocycles. The number of aromatic nitrogens is 3. The van der Waals surface area contributed by atoms with E-state index in [1.807, 2.05) is 0 Å². The molecule has 3 N–H and O–H groups in total. The minimum absolute atomic E-state index is 0.0287. The van der Waals surface area contributed by atoms with Gasteiger partial charge < -0.3 is 15.3 Å². The predicted octanol–water partition coefficient (Wildman–Crippen LogP) is 0.383. The minimum Gasteiger partial charge on any atom is -0.454 e. The molecule has 0 saturated heterocycles. The Balaban J connectivity index is 1.86. The molecule has 0 spiro atoms. The highest BCUT2D eigenvalue weighted by Gasteiger charge is 2.22. The molecule has 0 bridgehead atoms. The fraction of sp³-hybridized carbons (Fsp3) is 0.182. The number of rotatable bonds is 4. The Morgan fingerprint density at radius 1 is 1.45 bits per heavy atom. The molecular formula is C11H11N7O4. The molecule has 0 radical (unpaired) electrons. The van der Waals surface area contributed by atoms with Gasteiger partial charge >= 0.3 is 0 Å². The van der Waals surface area contributed by atoms with Crippen molar-refractivity contribution in [2.24, 2.45) is 5.10 Å². The van der Waals surface area contributed by atoms with Crippen molar-refractivity contribution in [2.45, 2.75) is 6.92 Å². The third-order valence-electron chi connectivity index (χ3n) is 2.95. The van der Waals surface area contributed by atoms with E-state index in [1.54, 1.807) is 6.92 Å². The molecule has 1 aromatic heterocycles. The van der Waals surface area contributed by atoms with Gasteiger partial charge in [0.1, 0.15) is 0 Å². The lowest BCUT2D eigenvalue weighted by atomic mass is 10.1. The Labute approximate surface area is 123 Å². The second-order valence-corrected chi connectivity index (χ2v) is 4.33. The smallest absolute Gasteiger partial charge is 0.282 e. The van der Waals surface area contributed by atoms with Crippen molar-refractivity contribution in [1.29, 1.82) is 0 Å². The SMILES string of the molecule is Cc1nnc(N/N=C/c2cc3c(cc2[N+](=O)[O-])OCO3)n1N. The summed E-state index contributed by atoms with van der Waals surface area (Å²) in [5, 5.41) is 22.5. The van der Waals surface area contributed by atoms with Gasteiger partial charge in [0.25, 0.3) is 11.6 Å². The van der Waals surface area contributed by atoms with E-state index in [1.165, 1.54) is 23.0 Å². The summed E-state index contributed by atoms with van der Waals surface area (Å²) in [4.78, 5) is 10.6. The zero-order valence-corrected chi connectivity index (χ0v) is 11.4. The third kappa shape index (κ3) is 2.34. The summed E-state index contributed by atoms with van der Waals surface area (Å²) in [6.45, 7) is 1.70. The summed E-state index contributed by atoms with van der Waals surface area (Å²) in [6.07, 6.45) is 1.27. The molecule has 0 unspecified atom stereocenters. The van der Waals surface area contributed by atoms with E-state index in [-0.39, 0.29) is 24.0 Å². The number of hydrogen-bond donors (Lipinski definition) is 2. The molecule has 2 aromatic rings. The first kappa shape index (κ1) is 13.6. The van der Waals surface area contributed by atoms with Crippen LogP contribution in [0.2, 0.25) is 0 Å². The molecule has 1 aliphatic heterocycles. The van der Waals surface area contributed by atoms with Crippen LogP contribution in [0.5, 0.6) is 11.5 Å². The average Bonchev–Trinajstić information content (AvgIpc) is 3.07. The van der Waals surface area contributed by atoms with Crippen LogP contribution in [0.25, 0.3) is 0 Å². The van der Waals surface area contributed by atoms with Crippen LogP contribution < -0.4 is 20.7 Å². The first-order valence-corrected chi connectivity index (χ1v) is 6.10. The highest BCUT2D eigenvalue weighted by atomic mass is 16.7. The fourth-order valence-corrected chi connectivity index (χ4v) is 1.81. The van der Waals surface area contributed by atoms with Crippen LogP contribution >= 0.6 is 0 Å². The maximum absolute atomic E-state index is 11.1. The van der Waals surface area contributed by atoms with E-state index in [4.69, 9.17) is 15.3 Å². The number of hydrogen-bond acceptors (Lipinski definition) is 9. The monoisotopic (exact) mass is 305 g/mol. The van der Waals surface area contributed by atoms with Gasteiger partial charge in [-0.05, 0) is 13.0 Å². The van der Waals surface area contributed by atoms with Gasteiger partial charge in [-0.2, -0.15) is 5.10 Å². The standard InChI is InChI=1S/C11H11N7O4/c1-6-14-16-11(17(6)12)15-13-4-7-2-9-10(22-5-21-9)3-8(7)18(19)20/h2-4H,5,12H2,1H3,(H,15,16)/b13-4+. The Morgan fingerprint density at radius 3 is 2.82 bits per heavy atom. The summed E-state index contributed by atoms with van der Waals surface area (Å²) >= 11 is 0. The van der Waals surface area contributed by atoms with Crippen LogP contribution in [0.1, 0.15) is 11.4 Å². The fourth-order valence-electron chi connectivity index (χ4n) is 1.81. The van der Waals surface area contributed by atoms with Gasteiger partial charge in [0.2, 0.25) is 6.79 Å². The van der Waals surface area contributed by atoms with Crippen molar-refractivity contribution in [3.63, 3.8) is 0 Å². The molecule has 114 valence electrons. The number of nitrogens with zero attached hydrogens (tertiary/aromatic N) is 5. The predicted molar refractivity (Wildman–Crippen MR) is 75.3 cm³/mol. The van der Waals surface area contributed by atoms with Crippen LogP contribution in [0.3, 0.4) is 0 Å². The lowest BCUT2D eigenvalue weighted by Gasteiger charge is -2.01. The summed E-state index contributed by atoms with van der Waals surface area (Å²) in [6, 6.07) is 2.77. The molecule has 0 atom stereocenters. The highest BCUT2D eigenvalue weighted by molar-refractivity contribution is 5.87. The van der Waals surface area contributed by atoms with Crippen LogP contribution in [0, 0.1) is 17.0 Å². The number of hydrazone groups is 1. The van der Waals surface area contributed by atoms with Crippen molar-refractivity contribution in [2.75, 3.05) is 18.1 Å². The van der Waals surface area contributed by atoms with Gasteiger partial charge in [-0.25, -0.2) is 10.1 Å². The van der Waals surface area contributed by atoms with Crippen LogP contribution in [-0.2, 0) is 0 Å². The van der Waals surface area contributed by atoms with Crippen LogP contribution in [0.4, 0.5) is 11.6 Å². The molecule has 0 saturated carbocycles. The molecule has 3 rings (SSSR count). The number of fused-ring (bicyclic) bond motifs is 1. The van der Waals surface area contributed by atoms with Gasteiger partial charge in [-0.3, -0.25) is 10.1 Å². The number of nitrogens with one attached hydrogen (secondary N) is 1. The zero-order valence-electron chi connectivity index (χ0n) is 11.4. The Morgan fingerprint density at radius 2 is 2.18 bits per heavy atom. The molecule has 1 aliphatic rings. The zero-order chi connectivity index (χ0) is 15.7. The van der Waals surface area contributed by atoms with Crippen LogP contribution in [0.15, 0.2) is 17.2 Å². The molecule has 11 heteroatoms. The summed E-state index contributed by atoms with van der Waals surface area (Å²) in [7, 11) is 0. The van der Waals surface area contributed by atoms with Crippen molar-refractivity contribution in [1.82, 2.24) is 14.9 Å². The molecule has 11 nitrogen and oxygen atoms in total. The number of nitro benzene ring substituents is 1. The van der Waals surface area contributed by atoms with Gasteiger partial charge in [0, 0.05) is 0 Å². The summed E-state index contributed by atoms with van der Waals surface area (Å²) < 4.78 is 11.5. The quantitative estimate of drug-likeness (QED) is 0.357. The Kier molecular flexibility index (Phi) is 3.21. The number of nitrogens with two attached hydrogens (primary N) is 1. The van der Waals surface area contributed by atoms with E-state index in [2.05, 4.69) is 20.7 Å². The third-order valence-corrected chi connectivity index (χ3v) is 2.95. The Hall–Kier alpha value is -3.37. The second-order valence-electron chi connectivity index (χ2n) is 4.33. The lowest BCUT2D eigenvalue weighted by molar-refractivity contribution is -0.385. The first-order valence-electron chi connectivity index (χ1n) is 6.10. The summed E-state index contributed by atoms with van der Waals surface area (Å²) in [5.41, 5.74) is 2.65. The summed E-state index contributed by atoms with van der Waals surface area (Å²) in [5.74, 6) is 7.09. The van der Waals surface area contributed by atoms with E-state index < -0.39 is 4.92 Å². The minimum atomic E-state index is -0.529. The average molecular weight is 305 g/mol.